The molecule has 1 heterocycles. The molecule has 22 heavy (non-hydrogen) atoms. The zero-order chi connectivity index (χ0) is 16.3. The van der Waals surface area contributed by atoms with E-state index < -0.39 is 10.0 Å². The molecule has 2 N–H and O–H groups in total. The van der Waals surface area contributed by atoms with Gasteiger partial charge in [-0.05, 0) is 37.5 Å². The number of aryl methyl sites for hydroxylation is 1. The third-order valence-corrected chi connectivity index (χ3v) is 5.14. The highest BCUT2D eigenvalue weighted by molar-refractivity contribution is 7.88. The van der Waals surface area contributed by atoms with Crippen molar-refractivity contribution in [3.05, 3.63) is 28.8 Å². The van der Waals surface area contributed by atoms with Crippen molar-refractivity contribution in [2.24, 2.45) is 0 Å². The lowest BCUT2D eigenvalue weighted by molar-refractivity contribution is 0.236. The number of piperidine rings is 1. The number of benzene rings is 1. The van der Waals surface area contributed by atoms with Crippen molar-refractivity contribution in [2.45, 2.75) is 25.8 Å². The van der Waals surface area contributed by atoms with Gasteiger partial charge in [-0.2, -0.15) is 0 Å². The molecule has 6 nitrogen and oxygen atoms in total. The second-order valence-corrected chi connectivity index (χ2v) is 7.94. The van der Waals surface area contributed by atoms with Gasteiger partial charge >= 0.3 is 6.03 Å². The molecule has 122 valence electrons. The zero-order valence-electron chi connectivity index (χ0n) is 12.6. The van der Waals surface area contributed by atoms with Crippen LogP contribution >= 0.6 is 11.6 Å². The van der Waals surface area contributed by atoms with Gasteiger partial charge in [0.05, 0.1) is 6.26 Å². The normalized spacial score (nSPS) is 19.7. The Morgan fingerprint density at radius 1 is 1.41 bits per heavy atom. The van der Waals surface area contributed by atoms with E-state index in [9.17, 15) is 13.2 Å². The maximum atomic E-state index is 12.1. The van der Waals surface area contributed by atoms with Crippen molar-refractivity contribution in [1.29, 1.82) is 0 Å². The first-order chi connectivity index (χ1) is 10.3. The van der Waals surface area contributed by atoms with Crippen LogP contribution in [0.2, 0.25) is 5.02 Å². The van der Waals surface area contributed by atoms with Gasteiger partial charge in [-0.1, -0.05) is 17.7 Å². The fraction of sp³-hybridized carbons (Fsp3) is 0.500. The lowest BCUT2D eigenvalue weighted by Crippen LogP contribution is -2.50. The van der Waals surface area contributed by atoms with Crippen molar-refractivity contribution in [1.82, 2.24) is 9.62 Å². The summed E-state index contributed by atoms with van der Waals surface area (Å²) in [5, 5.41) is 6.11. The van der Waals surface area contributed by atoms with Crippen molar-refractivity contribution < 1.29 is 13.2 Å². The van der Waals surface area contributed by atoms with Crippen LogP contribution in [-0.2, 0) is 10.0 Å². The second kappa shape index (κ2) is 6.85. The number of amides is 2. The van der Waals surface area contributed by atoms with Crippen LogP contribution in [0.1, 0.15) is 18.4 Å². The van der Waals surface area contributed by atoms with Gasteiger partial charge in [0, 0.05) is 29.8 Å². The van der Waals surface area contributed by atoms with E-state index in [1.807, 2.05) is 13.0 Å². The van der Waals surface area contributed by atoms with Crippen LogP contribution in [0.3, 0.4) is 0 Å². The number of carbonyl (C=O) groups excluding carboxylic acids is 1. The van der Waals surface area contributed by atoms with E-state index in [2.05, 4.69) is 10.6 Å². The predicted octanol–water partition coefficient (Wildman–Crippen LogP) is 2.19. The van der Waals surface area contributed by atoms with Crippen molar-refractivity contribution in [3.63, 3.8) is 0 Å². The number of nitrogens with one attached hydrogen (secondary N) is 2. The molecule has 1 aromatic rings. The lowest BCUT2D eigenvalue weighted by atomic mass is 10.1. The quantitative estimate of drug-likeness (QED) is 0.881. The van der Waals surface area contributed by atoms with Crippen LogP contribution in [0.15, 0.2) is 18.2 Å². The number of carbonyl (C=O) groups is 1. The third-order valence-electron chi connectivity index (χ3n) is 3.64. The molecule has 1 aliphatic rings. The minimum Gasteiger partial charge on any atom is -0.334 e. The average molecular weight is 346 g/mol. The van der Waals surface area contributed by atoms with E-state index in [0.717, 1.165) is 18.4 Å². The van der Waals surface area contributed by atoms with Crippen molar-refractivity contribution in [3.8, 4) is 0 Å². The van der Waals surface area contributed by atoms with E-state index in [1.54, 1.807) is 12.1 Å². The summed E-state index contributed by atoms with van der Waals surface area (Å²) >= 11 is 5.92. The highest BCUT2D eigenvalue weighted by atomic mass is 35.5. The minimum atomic E-state index is -3.22. The molecule has 1 atom stereocenters. The molecule has 0 bridgehead atoms. The molecule has 1 aliphatic heterocycles. The monoisotopic (exact) mass is 345 g/mol. The Balaban J connectivity index is 1.96. The van der Waals surface area contributed by atoms with Crippen LogP contribution < -0.4 is 10.6 Å². The Kier molecular flexibility index (Phi) is 5.31. The summed E-state index contributed by atoms with van der Waals surface area (Å²) in [5.41, 5.74) is 1.54. The molecule has 1 unspecified atom stereocenters. The second-order valence-electron chi connectivity index (χ2n) is 5.52. The molecule has 2 rings (SSSR count). The summed E-state index contributed by atoms with van der Waals surface area (Å²) in [6.45, 7) is 2.69. The topological polar surface area (TPSA) is 78.5 Å². The summed E-state index contributed by atoms with van der Waals surface area (Å²) in [6, 6.07) is 4.71. The minimum absolute atomic E-state index is 0.192. The standard InChI is InChI=1S/C14H20ClN3O3S/c1-10-5-6-11(15)8-13(10)17-14(19)16-12-4-3-7-18(9-12)22(2,20)21/h5-6,8,12H,3-4,7,9H2,1-2H3,(H2,16,17,19). The molecule has 0 spiro atoms. The van der Waals surface area contributed by atoms with Gasteiger partial charge in [-0.3, -0.25) is 0 Å². The highest BCUT2D eigenvalue weighted by Gasteiger charge is 2.26. The molecule has 1 saturated heterocycles. The summed E-state index contributed by atoms with van der Waals surface area (Å²) in [5.74, 6) is 0. The number of anilines is 1. The Bertz CT molecular complexity index is 663. The number of halogens is 1. The molecule has 0 saturated carbocycles. The van der Waals surface area contributed by atoms with E-state index in [0.29, 0.717) is 23.8 Å². The molecular weight excluding hydrogens is 326 g/mol. The SMILES string of the molecule is Cc1ccc(Cl)cc1NC(=O)NC1CCCN(S(C)(=O)=O)C1. The molecule has 2 amide bonds. The van der Waals surface area contributed by atoms with Gasteiger partial charge in [-0.25, -0.2) is 17.5 Å². The number of hydrogen-bond donors (Lipinski definition) is 2. The number of sulfonamides is 1. The maximum absolute atomic E-state index is 12.1. The van der Waals surface area contributed by atoms with E-state index in [4.69, 9.17) is 11.6 Å². The van der Waals surface area contributed by atoms with Crippen LogP contribution in [0.5, 0.6) is 0 Å². The van der Waals surface area contributed by atoms with Gasteiger partial charge in [0.15, 0.2) is 0 Å². The first kappa shape index (κ1) is 17.1. The van der Waals surface area contributed by atoms with Crippen molar-refractivity contribution in [2.75, 3.05) is 24.7 Å². The van der Waals surface area contributed by atoms with Crippen molar-refractivity contribution >= 4 is 33.3 Å². The molecule has 0 aliphatic carbocycles. The summed E-state index contributed by atoms with van der Waals surface area (Å²) < 4.78 is 24.5. The summed E-state index contributed by atoms with van der Waals surface area (Å²) in [4.78, 5) is 12.1. The largest absolute Gasteiger partial charge is 0.334 e. The fourth-order valence-corrected chi connectivity index (χ4v) is 3.52. The molecule has 1 aromatic carbocycles. The highest BCUT2D eigenvalue weighted by Crippen LogP contribution is 2.20. The smallest absolute Gasteiger partial charge is 0.319 e. The number of nitrogens with zero attached hydrogens (tertiary/aromatic N) is 1. The Labute approximate surface area is 135 Å². The first-order valence-electron chi connectivity index (χ1n) is 7.04. The number of urea groups is 1. The Morgan fingerprint density at radius 3 is 2.82 bits per heavy atom. The maximum Gasteiger partial charge on any atom is 0.319 e. The predicted molar refractivity (Wildman–Crippen MR) is 87.8 cm³/mol. The van der Waals surface area contributed by atoms with Crippen LogP contribution in [0.4, 0.5) is 10.5 Å². The summed E-state index contributed by atoms with van der Waals surface area (Å²) in [7, 11) is -3.22. The average Bonchev–Trinajstić information content (AvgIpc) is 2.42. The van der Waals surface area contributed by atoms with Crippen LogP contribution in [0.25, 0.3) is 0 Å². The van der Waals surface area contributed by atoms with Crippen LogP contribution in [0, 0.1) is 6.92 Å². The van der Waals surface area contributed by atoms with Gasteiger partial charge in [0.2, 0.25) is 10.0 Å². The number of hydrogen-bond acceptors (Lipinski definition) is 3. The van der Waals surface area contributed by atoms with Gasteiger partial charge in [0.1, 0.15) is 0 Å². The molecule has 0 radical (unpaired) electrons. The first-order valence-corrected chi connectivity index (χ1v) is 9.27. The number of rotatable bonds is 3. The molecular formula is C14H20ClN3O3S. The van der Waals surface area contributed by atoms with Gasteiger partial charge in [-0.15, -0.1) is 0 Å². The molecule has 1 fully saturated rings. The Hall–Kier alpha value is -1.31. The molecule has 8 heteroatoms. The van der Waals surface area contributed by atoms with Crippen LogP contribution in [-0.4, -0.2) is 44.1 Å². The third kappa shape index (κ3) is 4.59. The summed E-state index contributed by atoms with van der Waals surface area (Å²) in [6.07, 6.45) is 2.67. The van der Waals surface area contributed by atoms with E-state index in [-0.39, 0.29) is 12.1 Å². The lowest BCUT2D eigenvalue weighted by Gasteiger charge is -2.31. The van der Waals surface area contributed by atoms with Gasteiger partial charge in [0.25, 0.3) is 0 Å². The molecule has 0 aromatic heterocycles. The zero-order valence-corrected chi connectivity index (χ0v) is 14.2. The van der Waals surface area contributed by atoms with E-state index >= 15 is 0 Å². The Morgan fingerprint density at radius 2 is 2.14 bits per heavy atom. The van der Waals surface area contributed by atoms with E-state index in [1.165, 1.54) is 10.6 Å². The van der Waals surface area contributed by atoms with Gasteiger partial charge < -0.3 is 10.6 Å². The fourth-order valence-electron chi connectivity index (χ4n) is 2.43.